The monoisotopic (exact) mass is 251 g/mol. The molecule has 1 aromatic carbocycles. The Labute approximate surface area is 106 Å². The summed E-state index contributed by atoms with van der Waals surface area (Å²) in [6.07, 6.45) is 1.30. The number of carbonyl (C=O) groups excluding carboxylic acids is 2. The van der Waals surface area contributed by atoms with Crippen LogP contribution in [0.3, 0.4) is 0 Å². The predicted molar refractivity (Wildman–Crippen MR) is 66.4 cm³/mol. The molecule has 0 radical (unpaired) electrons. The van der Waals surface area contributed by atoms with Crippen molar-refractivity contribution in [2.24, 2.45) is 5.92 Å². The summed E-state index contributed by atoms with van der Waals surface area (Å²) in [7, 11) is 0. The Balaban J connectivity index is 2.51. The van der Waals surface area contributed by atoms with Gasteiger partial charge in [0.05, 0.1) is 11.5 Å². The van der Waals surface area contributed by atoms with Crippen molar-refractivity contribution in [2.75, 3.05) is 5.73 Å². The van der Waals surface area contributed by atoms with E-state index in [0.29, 0.717) is 18.5 Å². The molecule has 0 bridgehead atoms. The molecule has 0 amide bonds. The van der Waals surface area contributed by atoms with Crippen LogP contribution >= 0.6 is 0 Å². The second-order valence-corrected chi connectivity index (χ2v) is 3.91. The first kappa shape index (κ1) is 14.0. The number of carbonyl (C=O) groups is 2. The molecular formula is C13H17NO4. The molecule has 0 saturated carbocycles. The van der Waals surface area contributed by atoms with E-state index in [9.17, 15) is 9.59 Å². The van der Waals surface area contributed by atoms with Crippen LogP contribution in [0.25, 0.3) is 0 Å². The Bertz CT molecular complexity index is 410. The molecule has 0 unspecified atom stereocenters. The summed E-state index contributed by atoms with van der Waals surface area (Å²) in [4.78, 5) is 32.0. The lowest BCUT2D eigenvalue weighted by Crippen LogP contribution is -2.19. The topological polar surface area (TPSA) is 78.6 Å². The number of anilines is 1. The summed E-state index contributed by atoms with van der Waals surface area (Å²) in [6, 6.07) is 6.14. The summed E-state index contributed by atoms with van der Waals surface area (Å²) in [5, 5.41) is 0. The lowest BCUT2D eigenvalue weighted by atomic mass is 10.0. The zero-order valence-corrected chi connectivity index (χ0v) is 10.5. The van der Waals surface area contributed by atoms with E-state index < -0.39 is 11.9 Å². The maximum absolute atomic E-state index is 11.5. The summed E-state index contributed by atoms with van der Waals surface area (Å²) >= 11 is 0. The maximum Gasteiger partial charge on any atom is 0.386 e. The van der Waals surface area contributed by atoms with Gasteiger partial charge in [-0.05, 0) is 37.1 Å². The third kappa shape index (κ3) is 3.76. The maximum atomic E-state index is 11.5. The van der Waals surface area contributed by atoms with Crippen molar-refractivity contribution >= 4 is 17.6 Å². The first-order valence-electron chi connectivity index (χ1n) is 5.86. The molecule has 0 fully saturated rings. The van der Waals surface area contributed by atoms with Crippen molar-refractivity contribution in [1.29, 1.82) is 0 Å². The Morgan fingerprint density at radius 2 is 1.67 bits per heavy atom. The van der Waals surface area contributed by atoms with Gasteiger partial charge < -0.3 is 5.73 Å². The molecule has 18 heavy (non-hydrogen) atoms. The SMILES string of the molecule is CCC(CC)C(=O)OOC(=O)c1ccc(N)cc1. The minimum atomic E-state index is -0.714. The van der Waals surface area contributed by atoms with Crippen LogP contribution < -0.4 is 5.73 Å². The van der Waals surface area contributed by atoms with E-state index in [4.69, 9.17) is 5.73 Å². The van der Waals surface area contributed by atoms with Gasteiger partial charge in [0, 0.05) is 5.69 Å². The highest BCUT2D eigenvalue weighted by atomic mass is 17.2. The fourth-order valence-corrected chi connectivity index (χ4v) is 1.44. The molecule has 1 rings (SSSR count). The van der Waals surface area contributed by atoms with Crippen molar-refractivity contribution < 1.29 is 19.4 Å². The molecular weight excluding hydrogens is 234 g/mol. The number of nitrogens with two attached hydrogens (primary N) is 1. The van der Waals surface area contributed by atoms with Crippen molar-refractivity contribution in [3.8, 4) is 0 Å². The molecule has 1 aromatic rings. The standard InChI is InChI=1S/C13H17NO4/c1-3-9(4-2)12(15)17-18-13(16)10-5-7-11(14)8-6-10/h5-9H,3-4,14H2,1-2H3. The first-order valence-corrected chi connectivity index (χ1v) is 5.86. The van der Waals surface area contributed by atoms with Crippen LogP contribution in [0, 0.1) is 5.92 Å². The highest BCUT2D eigenvalue weighted by molar-refractivity contribution is 5.89. The number of hydrogen-bond acceptors (Lipinski definition) is 5. The fourth-order valence-electron chi connectivity index (χ4n) is 1.44. The van der Waals surface area contributed by atoms with Gasteiger partial charge in [-0.3, -0.25) is 0 Å². The summed E-state index contributed by atoms with van der Waals surface area (Å²) in [5.74, 6) is -1.48. The largest absolute Gasteiger partial charge is 0.399 e. The molecule has 0 spiro atoms. The van der Waals surface area contributed by atoms with E-state index in [1.807, 2.05) is 13.8 Å². The van der Waals surface area contributed by atoms with Crippen LogP contribution in [-0.2, 0) is 14.6 Å². The normalized spacial score (nSPS) is 10.2. The van der Waals surface area contributed by atoms with Crippen LogP contribution in [0.2, 0.25) is 0 Å². The molecule has 5 nitrogen and oxygen atoms in total. The van der Waals surface area contributed by atoms with Gasteiger partial charge in [0.15, 0.2) is 0 Å². The van der Waals surface area contributed by atoms with Crippen molar-refractivity contribution in [3.63, 3.8) is 0 Å². The molecule has 0 aliphatic carbocycles. The highest BCUT2D eigenvalue weighted by Gasteiger charge is 2.19. The van der Waals surface area contributed by atoms with Gasteiger partial charge in [-0.25, -0.2) is 19.4 Å². The summed E-state index contributed by atoms with van der Waals surface area (Å²) < 4.78 is 0. The smallest absolute Gasteiger partial charge is 0.386 e. The molecule has 0 saturated heterocycles. The minimum absolute atomic E-state index is 0.246. The first-order chi connectivity index (χ1) is 8.58. The van der Waals surface area contributed by atoms with Crippen LogP contribution in [0.15, 0.2) is 24.3 Å². The lowest BCUT2D eigenvalue weighted by molar-refractivity contribution is -0.238. The van der Waals surface area contributed by atoms with Gasteiger partial charge in [-0.15, -0.1) is 0 Å². The highest BCUT2D eigenvalue weighted by Crippen LogP contribution is 2.11. The Kier molecular flexibility index (Phi) is 5.17. The van der Waals surface area contributed by atoms with E-state index >= 15 is 0 Å². The Morgan fingerprint density at radius 1 is 1.11 bits per heavy atom. The van der Waals surface area contributed by atoms with Gasteiger partial charge in [0.2, 0.25) is 0 Å². The second-order valence-electron chi connectivity index (χ2n) is 3.91. The van der Waals surface area contributed by atoms with E-state index in [2.05, 4.69) is 9.78 Å². The number of hydrogen-bond donors (Lipinski definition) is 1. The molecule has 2 N–H and O–H groups in total. The minimum Gasteiger partial charge on any atom is -0.399 e. The predicted octanol–water partition coefficient (Wildman–Crippen LogP) is 2.32. The van der Waals surface area contributed by atoms with Crippen LogP contribution in [0.5, 0.6) is 0 Å². The van der Waals surface area contributed by atoms with E-state index in [1.54, 1.807) is 12.1 Å². The van der Waals surface area contributed by atoms with Crippen LogP contribution in [0.4, 0.5) is 5.69 Å². The van der Waals surface area contributed by atoms with Crippen LogP contribution in [-0.4, -0.2) is 11.9 Å². The average Bonchev–Trinajstić information content (AvgIpc) is 2.38. The molecule has 0 aliphatic rings. The number of benzene rings is 1. The molecule has 0 aliphatic heterocycles. The van der Waals surface area contributed by atoms with E-state index in [0.717, 1.165) is 0 Å². The van der Waals surface area contributed by atoms with Gasteiger partial charge >= 0.3 is 11.9 Å². The Hall–Kier alpha value is -2.04. The molecule has 5 heteroatoms. The van der Waals surface area contributed by atoms with Crippen molar-refractivity contribution in [2.45, 2.75) is 26.7 Å². The fraction of sp³-hybridized carbons (Fsp3) is 0.385. The lowest BCUT2D eigenvalue weighted by Gasteiger charge is -2.09. The molecule has 0 heterocycles. The van der Waals surface area contributed by atoms with Gasteiger partial charge in [-0.2, -0.15) is 0 Å². The quantitative estimate of drug-likeness (QED) is 0.504. The molecule has 0 aromatic heterocycles. The zero-order chi connectivity index (χ0) is 13.5. The third-order valence-corrected chi connectivity index (χ3v) is 2.66. The number of rotatable bonds is 4. The molecule has 98 valence electrons. The number of nitrogen functional groups attached to an aromatic ring is 1. The van der Waals surface area contributed by atoms with Crippen LogP contribution in [0.1, 0.15) is 37.0 Å². The van der Waals surface area contributed by atoms with Crippen molar-refractivity contribution in [1.82, 2.24) is 0 Å². The molecule has 0 atom stereocenters. The second kappa shape index (κ2) is 6.64. The van der Waals surface area contributed by atoms with E-state index in [-0.39, 0.29) is 11.5 Å². The summed E-state index contributed by atoms with van der Waals surface area (Å²) in [5.41, 5.74) is 6.31. The summed E-state index contributed by atoms with van der Waals surface area (Å²) in [6.45, 7) is 3.74. The van der Waals surface area contributed by atoms with Gasteiger partial charge in [-0.1, -0.05) is 13.8 Å². The zero-order valence-electron chi connectivity index (χ0n) is 10.5. The van der Waals surface area contributed by atoms with Crippen molar-refractivity contribution in [3.05, 3.63) is 29.8 Å². The van der Waals surface area contributed by atoms with Gasteiger partial charge in [0.25, 0.3) is 0 Å². The van der Waals surface area contributed by atoms with Gasteiger partial charge in [0.1, 0.15) is 0 Å². The average molecular weight is 251 g/mol. The Morgan fingerprint density at radius 3 is 2.17 bits per heavy atom. The van der Waals surface area contributed by atoms with E-state index in [1.165, 1.54) is 12.1 Å². The third-order valence-electron chi connectivity index (χ3n) is 2.66.